The number of halogens is 2. The number of benzene rings is 2. The lowest BCUT2D eigenvalue weighted by molar-refractivity contribution is 0.304. The molecular formula is C19H15ClFNO2. The van der Waals surface area contributed by atoms with Crippen molar-refractivity contribution < 1.29 is 13.9 Å². The Labute approximate surface area is 144 Å². The van der Waals surface area contributed by atoms with Crippen molar-refractivity contribution in [1.29, 1.82) is 0 Å². The molecule has 0 unspecified atom stereocenters. The van der Waals surface area contributed by atoms with E-state index >= 15 is 0 Å². The number of hydrogen-bond donors (Lipinski definition) is 0. The van der Waals surface area contributed by atoms with E-state index in [1.165, 1.54) is 12.1 Å². The molecule has 0 aliphatic carbocycles. The first-order chi connectivity index (χ1) is 11.6. The Morgan fingerprint density at radius 2 is 1.83 bits per heavy atom. The molecule has 0 N–H and O–H groups in total. The molecule has 0 radical (unpaired) electrons. The topological polar surface area (TPSA) is 31.4 Å². The van der Waals surface area contributed by atoms with Crippen molar-refractivity contribution in [2.24, 2.45) is 0 Å². The van der Waals surface area contributed by atoms with E-state index in [1.54, 1.807) is 36.5 Å². The summed E-state index contributed by atoms with van der Waals surface area (Å²) in [6.07, 6.45) is 1.57. The van der Waals surface area contributed by atoms with Crippen molar-refractivity contribution in [2.45, 2.75) is 13.5 Å². The zero-order valence-electron chi connectivity index (χ0n) is 13.0. The van der Waals surface area contributed by atoms with Crippen LogP contribution >= 0.6 is 11.6 Å². The molecule has 3 rings (SSSR count). The molecule has 3 nitrogen and oxygen atoms in total. The molecule has 0 aliphatic heterocycles. The van der Waals surface area contributed by atoms with Gasteiger partial charge in [-0.15, -0.1) is 0 Å². The van der Waals surface area contributed by atoms with Gasteiger partial charge in [-0.05, 0) is 42.3 Å². The lowest BCUT2D eigenvalue weighted by atomic mass is 10.2. The third kappa shape index (κ3) is 4.03. The van der Waals surface area contributed by atoms with Crippen molar-refractivity contribution in [3.05, 3.63) is 82.8 Å². The van der Waals surface area contributed by atoms with Crippen molar-refractivity contribution in [1.82, 2.24) is 4.98 Å². The Kier molecular flexibility index (Phi) is 4.96. The summed E-state index contributed by atoms with van der Waals surface area (Å²) in [5.74, 6) is 1.35. The number of hydrogen-bond acceptors (Lipinski definition) is 3. The van der Waals surface area contributed by atoms with Crippen molar-refractivity contribution in [2.75, 3.05) is 0 Å². The summed E-state index contributed by atoms with van der Waals surface area (Å²) >= 11 is 6.14. The summed E-state index contributed by atoms with van der Waals surface area (Å²) in [5, 5.41) is 0.536. The summed E-state index contributed by atoms with van der Waals surface area (Å²) in [6.45, 7) is 2.26. The minimum absolute atomic E-state index is 0.267. The number of ether oxygens (including phenoxy) is 2. The van der Waals surface area contributed by atoms with Crippen LogP contribution in [0.15, 0.2) is 60.8 Å². The molecule has 0 bridgehead atoms. The minimum Gasteiger partial charge on any atom is -0.487 e. The minimum atomic E-state index is -0.267. The zero-order valence-corrected chi connectivity index (χ0v) is 13.8. The van der Waals surface area contributed by atoms with E-state index in [9.17, 15) is 4.39 Å². The number of rotatable bonds is 5. The highest BCUT2D eigenvalue weighted by Crippen LogP contribution is 2.32. The van der Waals surface area contributed by atoms with Gasteiger partial charge in [0, 0.05) is 6.07 Å². The van der Waals surface area contributed by atoms with E-state index in [4.69, 9.17) is 21.1 Å². The maximum Gasteiger partial charge on any atom is 0.219 e. The van der Waals surface area contributed by atoms with Gasteiger partial charge in [0.05, 0.1) is 11.2 Å². The molecule has 2 aromatic carbocycles. The van der Waals surface area contributed by atoms with Crippen molar-refractivity contribution >= 4 is 11.6 Å². The molecule has 0 atom stereocenters. The molecular weight excluding hydrogens is 329 g/mol. The van der Waals surface area contributed by atoms with Gasteiger partial charge in [-0.1, -0.05) is 35.9 Å². The predicted molar refractivity (Wildman–Crippen MR) is 91.2 cm³/mol. The number of nitrogens with zero attached hydrogens (tertiary/aromatic N) is 1. The van der Waals surface area contributed by atoms with Crippen LogP contribution in [0, 0.1) is 12.7 Å². The molecule has 0 saturated heterocycles. The van der Waals surface area contributed by atoms with Gasteiger partial charge in [-0.25, -0.2) is 9.37 Å². The Bertz CT molecular complexity index is 800. The van der Waals surface area contributed by atoms with Crippen LogP contribution in [0.4, 0.5) is 4.39 Å². The number of aromatic nitrogens is 1. The van der Waals surface area contributed by atoms with Gasteiger partial charge >= 0.3 is 0 Å². The van der Waals surface area contributed by atoms with Gasteiger partial charge < -0.3 is 9.47 Å². The highest BCUT2D eigenvalue weighted by molar-refractivity contribution is 6.32. The van der Waals surface area contributed by atoms with Crippen molar-refractivity contribution in [3.63, 3.8) is 0 Å². The van der Waals surface area contributed by atoms with Crippen LogP contribution in [0.25, 0.3) is 0 Å². The molecule has 1 aromatic heterocycles. The molecule has 1 heterocycles. The SMILES string of the molecule is Cc1cccc(Cl)c1Oc1ccc(OCc2ccc(F)cc2)cn1. The van der Waals surface area contributed by atoms with Crippen LogP contribution in [0.5, 0.6) is 17.4 Å². The molecule has 122 valence electrons. The van der Waals surface area contributed by atoms with Gasteiger partial charge in [-0.3, -0.25) is 0 Å². The molecule has 0 aliphatic rings. The first kappa shape index (κ1) is 16.3. The molecule has 0 amide bonds. The van der Waals surface area contributed by atoms with E-state index in [1.807, 2.05) is 19.1 Å². The number of para-hydroxylation sites is 1. The summed E-state index contributed by atoms with van der Waals surface area (Å²) in [6, 6.07) is 15.2. The third-order valence-corrected chi connectivity index (χ3v) is 3.70. The fourth-order valence-electron chi connectivity index (χ4n) is 2.11. The van der Waals surface area contributed by atoms with Crippen LogP contribution in [0.1, 0.15) is 11.1 Å². The Morgan fingerprint density at radius 3 is 2.50 bits per heavy atom. The third-order valence-electron chi connectivity index (χ3n) is 3.40. The van der Waals surface area contributed by atoms with E-state index in [2.05, 4.69) is 4.98 Å². The molecule has 24 heavy (non-hydrogen) atoms. The van der Waals surface area contributed by atoms with Gasteiger partial charge in [0.2, 0.25) is 5.88 Å². The largest absolute Gasteiger partial charge is 0.487 e. The first-order valence-corrected chi connectivity index (χ1v) is 7.76. The quantitative estimate of drug-likeness (QED) is 0.608. The Hall–Kier alpha value is -2.59. The fourth-order valence-corrected chi connectivity index (χ4v) is 2.37. The average molecular weight is 344 g/mol. The molecule has 0 fully saturated rings. The fraction of sp³-hybridized carbons (Fsp3) is 0.105. The van der Waals surface area contributed by atoms with Gasteiger partial charge in [-0.2, -0.15) is 0 Å². The van der Waals surface area contributed by atoms with Crippen LogP contribution in [-0.4, -0.2) is 4.98 Å². The van der Waals surface area contributed by atoms with Crippen LogP contribution < -0.4 is 9.47 Å². The summed E-state index contributed by atoms with van der Waals surface area (Å²) < 4.78 is 24.2. The lowest BCUT2D eigenvalue weighted by Crippen LogP contribution is -1.96. The van der Waals surface area contributed by atoms with Gasteiger partial charge in [0.25, 0.3) is 0 Å². The van der Waals surface area contributed by atoms with E-state index < -0.39 is 0 Å². The first-order valence-electron chi connectivity index (χ1n) is 7.38. The summed E-state index contributed by atoms with van der Waals surface area (Å²) in [5.41, 5.74) is 1.81. The number of pyridine rings is 1. The van der Waals surface area contributed by atoms with E-state index in [0.717, 1.165) is 11.1 Å². The van der Waals surface area contributed by atoms with Gasteiger partial charge in [0.1, 0.15) is 18.2 Å². The van der Waals surface area contributed by atoms with Crippen LogP contribution in [0.2, 0.25) is 5.02 Å². The smallest absolute Gasteiger partial charge is 0.219 e. The predicted octanol–water partition coefficient (Wildman–Crippen LogP) is 5.55. The standard InChI is InChI=1S/C19H15ClFNO2/c1-13-3-2-4-17(20)19(13)24-18-10-9-16(11-22-18)23-12-14-5-7-15(21)8-6-14/h2-11H,12H2,1H3. The lowest BCUT2D eigenvalue weighted by Gasteiger charge is -2.10. The van der Waals surface area contributed by atoms with Gasteiger partial charge in [0.15, 0.2) is 5.75 Å². The Balaban J connectivity index is 1.64. The highest BCUT2D eigenvalue weighted by Gasteiger charge is 2.07. The second kappa shape index (κ2) is 7.32. The molecule has 3 aromatic rings. The second-order valence-corrected chi connectivity index (χ2v) is 5.64. The average Bonchev–Trinajstić information content (AvgIpc) is 2.59. The summed E-state index contributed by atoms with van der Waals surface area (Å²) in [4.78, 5) is 4.22. The second-order valence-electron chi connectivity index (χ2n) is 5.24. The molecule has 0 spiro atoms. The maximum absolute atomic E-state index is 12.9. The molecule has 5 heteroatoms. The Morgan fingerprint density at radius 1 is 1.04 bits per heavy atom. The normalized spacial score (nSPS) is 10.5. The maximum atomic E-state index is 12.9. The highest BCUT2D eigenvalue weighted by atomic mass is 35.5. The summed E-state index contributed by atoms with van der Waals surface area (Å²) in [7, 11) is 0. The molecule has 0 saturated carbocycles. The zero-order chi connectivity index (χ0) is 16.9. The van der Waals surface area contributed by atoms with Crippen molar-refractivity contribution in [3.8, 4) is 17.4 Å². The van der Waals surface area contributed by atoms with E-state index in [0.29, 0.717) is 29.0 Å². The van der Waals surface area contributed by atoms with Crippen LogP contribution in [0.3, 0.4) is 0 Å². The van der Waals surface area contributed by atoms with Crippen LogP contribution in [-0.2, 0) is 6.61 Å². The number of aryl methyl sites for hydroxylation is 1. The van der Waals surface area contributed by atoms with E-state index in [-0.39, 0.29) is 5.82 Å². The monoisotopic (exact) mass is 343 g/mol.